The van der Waals surface area contributed by atoms with Gasteiger partial charge >= 0.3 is 0 Å². The molecule has 2 rings (SSSR count). The fourth-order valence-corrected chi connectivity index (χ4v) is 2.18. The van der Waals surface area contributed by atoms with Crippen LogP contribution in [0.4, 0.5) is 0 Å². The van der Waals surface area contributed by atoms with Gasteiger partial charge in [-0.25, -0.2) is 0 Å². The third kappa shape index (κ3) is 3.78. The van der Waals surface area contributed by atoms with E-state index in [2.05, 4.69) is 28.9 Å². The van der Waals surface area contributed by atoms with E-state index < -0.39 is 5.60 Å². The van der Waals surface area contributed by atoms with E-state index in [0.717, 1.165) is 50.6 Å². The van der Waals surface area contributed by atoms with Crippen LogP contribution >= 0.6 is 0 Å². The molecule has 1 aliphatic heterocycles. The van der Waals surface area contributed by atoms with Crippen molar-refractivity contribution in [3.05, 3.63) is 11.7 Å². The molecule has 5 heteroatoms. The molecule has 18 heavy (non-hydrogen) atoms. The normalized spacial score (nSPS) is 20.5. The second-order valence-electron chi connectivity index (χ2n) is 5.98. The molecule has 1 saturated heterocycles. The van der Waals surface area contributed by atoms with Crippen LogP contribution in [0.25, 0.3) is 0 Å². The van der Waals surface area contributed by atoms with Crippen molar-refractivity contribution >= 4 is 0 Å². The van der Waals surface area contributed by atoms with Crippen molar-refractivity contribution in [2.75, 3.05) is 13.1 Å². The minimum Gasteiger partial charge on any atom is -0.390 e. The smallest absolute Gasteiger partial charge is 0.226 e. The summed E-state index contributed by atoms with van der Waals surface area (Å²) in [6, 6.07) is 0. The summed E-state index contributed by atoms with van der Waals surface area (Å²) in [7, 11) is 0. The Balaban J connectivity index is 1.85. The molecule has 2 heterocycles. The van der Waals surface area contributed by atoms with Crippen molar-refractivity contribution in [3.63, 3.8) is 0 Å². The third-order valence-corrected chi connectivity index (χ3v) is 3.39. The largest absolute Gasteiger partial charge is 0.390 e. The predicted octanol–water partition coefficient (Wildman–Crippen LogP) is 1.61. The molecule has 1 aromatic rings. The lowest BCUT2D eigenvalue weighted by Gasteiger charge is -2.35. The molecular formula is C13H23N3O2. The van der Waals surface area contributed by atoms with Gasteiger partial charge in [0.2, 0.25) is 5.89 Å². The van der Waals surface area contributed by atoms with Crippen molar-refractivity contribution in [2.45, 2.75) is 52.2 Å². The topological polar surface area (TPSA) is 62.4 Å². The molecule has 1 N–H and O–H groups in total. The lowest BCUT2D eigenvalue weighted by Crippen LogP contribution is -2.42. The van der Waals surface area contributed by atoms with Crippen LogP contribution in [0.5, 0.6) is 0 Å². The number of aromatic nitrogens is 2. The molecule has 0 radical (unpaired) electrons. The molecule has 1 fully saturated rings. The molecule has 0 aromatic carbocycles. The van der Waals surface area contributed by atoms with Gasteiger partial charge in [-0.2, -0.15) is 4.98 Å². The van der Waals surface area contributed by atoms with Crippen LogP contribution < -0.4 is 0 Å². The number of aliphatic hydroxyl groups is 1. The van der Waals surface area contributed by atoms with Gasteiger partial charge in [0.25, 0.3) is 0 Å². The van der Waals surface area contributed by atoms with Gasteiger partial charge in [-0.1, -0.05) is 19.0 Å². The molecule has 1 aromatic heterocycles. The Morgan fingerprint density at radius 3 is 2.67 bits per heavy atom. The van der Waals surface area contributed by atoms with E-state index in [9.17, 15) is 5.11 Å². The molecule has 0 atom stereocenters. The Kier molecular flexibility index (Phi) is 4.02. The number of hydrogen-bond acceptors (Lipinski definition) is 5. The summed E-state index contributed by atoms with van der Waals surface area (Å²) in [5.41, 5.74) is -0.503. The zero-order valence-electron chi connectivity index (χ0n) is 11.5. The average molecular weight is 253 g/mol. The quantitative estimate of drug-likeness (QED) is 0.883. The first kappa shape index (κ1) is 13.5. The summed E-state index contributed by atoms with van der Waals surface area (Å²) in [6.45, 7) is 8.67. The van der Waals surface area contributed by atoms with Gasteiger partial charge in [-0.3, -0.25) is 4.90 Å². The highest BCUT2D eigenvalue weighted by atomic mass is 16.5. The highest BCUT2D eigenvalue weighted by Gasteiger charge is 2.27. The Labute approximate surface area is 108 Å². The second kappa shape index (κ2) is 5.36. The number of nitrogens with zero attached hydrogens (tertiary/aromatic N) is 3. The molecule has 1 aliphatic rings. The molecule has 0 spiro atoms. The average Bonchev–Trinajstić information content (AvgIpc) is 2.68. The number of hydrogen-bond donors (Lipinski definition) is 1. The highest BCUT2D eigenvalue weighted by molar-refractivity contribution is 4.89. The predicted molar refractivity (Wildman–Crippen MR) is 68.0 cm³/mol. The molecule has 5 nitrogen and oxygen atoms in total. The van der Waals surface area contributed by atoms with Gasteiger partial charge in [-0.15, -0.1) is 0 Å². The van der Waals surface area contributed by atoms with Crippen LogP contribution in [0.1, 0.15) is 45.3 Å². The fourth-order valence-electron chi connectivity index (χ4n) is 2.18. The summed E-state index contributed by atoms with van der Waals surface area (Å²) in [5, 5.41) is 13.9. The molecule has 102 valence electrons. The second-order valence-corrected chi connectivity index (χ2v) is 5.98. The molecule has 0 unspecified atom stereocenters. The van der Waals surface area contributed by atoms with Crippen LogP contribution in [0.2, 0.25) is 0 Å². The van der Waals surface area contributed by atoms with Gasteiger partial charge in [0.1, 0.15) is 0 Å². The molecular weight excluding hydrogens is 230 g/mol. The van der Waals surface area contributed by atoms with Crippen molar-refractivity contribution < 1.29 is 9.63 Å². The number of piperidine rings is 1. The van der Waals surface area contributed by atoms with E-state index in [-0.39, 0.29) is 0 Å². The maximum absolute atomic E-state index is 9.89. The minimum atomic E-state index is -0.503. The standard InChI is InChI=1S/C13H23N3O2/c1-10(2)8-12-14-11(15-18-12)9-16-6-4-13(3,17)5-7-16/h10,17H,4-9H2,1-3H3. The lowest BCUT2D eigenvalue weighted by atomic mass is 9.94. The third-order valence-electron chi connectivity index (χ3n) is 3.39. The Morgan fingerprint density at radius 1 is 1.39 bits per heavy atom. The Bertz CT molecular complexity index is 377. The van der Waals surface area contributed by atoms with Crippen LogP contribution in [0.15, 0.2) is 4.52 Å². The Hall–Kier alpha value is -0.940. The van der Waals surface area contributed by atoms with Gasteiger partial charge in [0.05, 0.1) is 12.1 Å². The SMILES string of the molecule is CC(C)Cc1nc(CN2CCC(C)(O)CC2)no1. The van der Waals surface area contributed by atoms with E-state index in [0.29, 0.717) is 5.92 Å². The molecule has 0 bridgehead atoms. The summed E-state index contributed by atoms with van der Waals surface area (Å²) in [4.78, 5) is 6.66. The summed E-state index contributed by atoms with van der Waals surface area (Å²) in [5.74, 6) is 2.01. The van der Waals surface area contributed by atoms with Crippen LogP contribution in [0.3, 0.4) is 0 Å². The van der Waals surface area contributed by atoms with Crippen LogP contribution in [0, 0.1) is 5.92 Å². The maximum Gasteiger partial charge on any atom is 0.226 e. The lowest BCUT2D eigenvalue weighted by molar-refractivity contribution is -0.00799. The van der Waals surface area contributed by atoms with Gasteiger partial charge < -0.3 is 9.63 Å². The van der Waals surface area contributed by atoms with Crippen LogP contribution in [-0.2, 0) is 13.0 Å². The van der Waals surface area contributed by atoms with Crippen molar-refractivity contribution in [1.82, 2.24) is 15.0 Å². The minimum absolute atomic E-state index is 0.503. The maximum atomic E-state index is 9.89. The summed E-state index contributed by atoms with van der Waals surface area (Å²) < 4.78 is 5.22. The fraction of sp³-hybridized carbons (Fsp3) is 0.846. The van der Waals surface area contributed by atoms with Crippen molar-refractivity contribution in [1.29, 1.82) is 0 Å². The van der Waals surface area contributed by atoms with E-state index in [4.69, 9.17) is 4.52 Å². The van der Waals surface area contributed by atoms with Crippen LogP contribution in [-0.4, -0.2) is 38.8 Å². The van der Waals surface area contributed by atoms with E-state index in [1.54, 1.807) is 0 Å². The Morgan fingerprint density at radius 2 is 2.06 bits per heavy atom. The summed E-state index contributed by atoms with van der Waals surface area (Å²) in [6.07, 6.45) is 2.45. The van der Waals surface area contributed by atoms with Gasteiger partial charge in [0.15, 0.2) is 5.82 Å². The molecule has 0 amide bonds. The highest BCUT2D eigenvalue weighted by Crippen LogP contribution is 2.21. The van der Waals surface area contributed by atoms with E-state index in [1.807, 2.05) is 6.92 Å². The summed E-state index contributed by atoms with van der Waals surface area (Å²) >= 11 is 0. The zero-order valence-corrected chi connectivity index (χ0v) is 11.5. The first-order valence-corrected chi connectivity index (χ1v) is 6.71. The van der Waals surface area contributed by atoms with Crippen molar-refractivity contribution in [3.8, 4) is 0 Å². The van der Waals surface area contributed by atoms with Crippen molar-refractivity contribution in [2.24, 2.45) is 5.92 Å². The first-order valence-electron chi connectivity index (χ1n) is 6.71. The van der Waals surface area contributed by atoms with Gasteiger partial charge in [0, 0.05) is 19.5 Å². The monoisotopic (exact) mass is 253 g/mol. The van der Waals surface area contributed by atoms with E-state index in [1.165, 1.54) is 0 Å². The van der Waals surface area contributed by atoms with Gasteiger partial charge in [-0.05, 0) is 25.7 Å². The first-order chi connectivity index (χ1) is 8.44. The molecule has 0 saturated carbocycles. The zero-order chi connectivity index (χ0) is 13.2. The molecule has 0 aliphatic carbocycles. The van der Waals surface area contributed by atoms with E-state index >= 15 is 0 Å². The number of rotatable bonds is 4. The number of likely N-dealkylation sites (tertiary alicyclic amines) is 1.